The van der Waals surface area contributed by atoms with Crippen LogP contribution in [0.5, 0.6) is 0 Å². The number of rotatable bonds is 7. The van der Waals surface area contributed by atoms with Crippen molar-refractivity contribution in [1.29, 1.82) is 0 Å². The Bertz CT molecular complexity index is 792. The van der Waals surface area contributed by atoms with Crippen LogP contribution in [0.1, 0.15) is 52.8 Å². The first-order chi connectivity index (χ1) is 12.9. The van der Waals surface area contributed by atoms with Crippen molar-refractivity contribution in [3.63, 3.8) is 0 Å². The van der Waals surface area contributed by atoms with Crippen LogP contribution in [0.15, 0.2) is 18.2 Å². The number of nitrogens with zero attached hydrogens (tertiary/aromatic N) is 2. The van der Waals surface area contributed by atoms with E-state index in [0.29, 0.717) is 17.7 Å². The highest BCUT2D eigenvalue weighted by Crippen LogP contribution is 2.30. The summed E-state index contributed by atoms with van der Waals surface area (Å²) >= 11 is 0. The number of unbranched alkanes of at least 4 members (excludes halogenated alkanes) is 2. The average molecular weight is 372 g/mol. The number of carbonyl (C=O) groups is 4. The smallest absolute Gasteiger partial charge is 0.262 e. The zero-order valence-electron chi connectivity index (χ0n) is 15.4. The first-order valence-electron chi connectivity index (χ1n) is 9.21. The molecule has 0 aromatic heterocycles. The van der Waals surface area contributed by atoms with Crippen molar-refractivity contribution < 1.29 is 19.2 Å². The Morgan fingerprint density at radius 2 is 1.85 bits per heavy atom. The highest BCUT2D eigenvalue weighted by molar-refractivity contribution is 6.23. The maximum atomic E-state index is 12.8. The molecule has 2 aliphatic heterocycles. The lowest BCUT2D eigenvalue weighted by Crippen LogP contribution is -2.54. The molecule has 2 aliphatic rings. The summed E-state index contributed by atoms with van der Waals surface area (Å²) in [6.07, 6.45) is 3.27. The van der Waals surface area contributed by atoms with Crippen LogP contribution in [0, 0.1) is 0 Å². The van der Waals surface area contributed by atoms with E-state index in [2.05, 4.69) is 5.32 Å². The molecule has 1 aromatic carbocycles. The molecule has 27 heavy (non-hydrogen) atoms. The normalized spacial score (nSPS) is 19.3. The summed E-state index contributed by atoms with van der Waals surface area (Å²) in [4.78, 5) is 51.9. The minimum atomic E-state index is -0.937. The second-order valence-corrected chi connectivity index (χ2v) is 6.95. The summed E-state index contributed by atoms with van der Waals surface area (Å²) in [5, 5.41) is 2.20. The molecule has 1 atom stereocenters. The van der Waals surface area contributed by atoms with Crippen LogP contribution in [0.3, 0.4) is 0 Å². The maximum absolute atomic E-state index is 12.8. The number of carbonyl (C=O) groups excluding carboxylic acids is 4. The van der Waals surface area contributed by atoms with Gasteiger partial charge in [-0.25, -0.2) is 0 Å². The van der Waals surface area contributed by atoms with Gasteiger partial charge in [0.15, 0.2) is 0 Å². The Morgan fingerprint density at radius 3 is 2.56 bits per heavy atom. The standard InChI is InChI=1S/C19H24N4O4/c1-22(10-4-2-3-9-20)12-5-6-13-14(11-12)19(27)23(18(13)26)15-7-8-16(24)21-17(15)25/h5-6,11,15H,2-4,7-10,20H2,1H3,(H,21,24,25). The van der Waals surface area contributed by atoms with Crippen molar-refractivity contribution in [2.75, 3.05) is 25.0 Å². The number of anilines is 1. The monoisotopic (exact) mass is 372 g/mol. The van der Waals surface area contributed by atoms with Crippen LogP contribution in [0.2, 0.25) is 0 Å². The van der Waals surface area contributed by atoms with E-state index < -0.39 is 23.8 Å². The van der Waals surface area contributed by atoms with E-state index in [-0.39, 0.29) is 18.7 Å². The zero-order valence-corrected chi connectivity index (χ0v) is 15.4. The van der Waals surface area contributed by atoms with Gasteiger partial charge in [0.2, 0.25) is 11.8 Å². The van der Waals surface area contributed by atoms with Crippen LogP contribution < -0.4 is 16.0 Å². The number of nitrogens with one attached hydrogen (secondary N) is 1. The second-order valence-electron chi connectivity index (χ2n) is 6.95. The zero-order chi connectivity index (χ0) is 19.6. The Morgan fingerprint density at radius 1 is 1.11 bits per heavy atom. The lowest BCUT2D eigenvalue weighted by molar-refractivity contribution is -0.136. The fourth-order valence-corrected chi connectivity index (χ4v) is 3.50. The van der Waals surface area contributed by atoms with Crippen LogP contribution in [0.25, 0.3) is 0 Å². The van der Waals surface area contributed by atoms with Gasteiger partial charge in [-0.1, -0.05) is 6.42 Å². The van der Waals surface area contributed by atoms with Gasteiger partial charge in [0.25, 0.3) is 11.8 Å². The van der Waals surface area contributed by atoms with Gasteiger partial charge in [-0.2, -0.15) is 0 Å². The first-order valence-corrected chi connectivity index (χ1v) is 9.21. The molecule has 0 bridgehead atoms. The van der Waals surface area contributed by atoms with Gasteiger partial charge in [0, 0.05) is 25.7 Å². The number of hydrogen-bond acceptors (Lipinski definition) is 6. The number of piperidine rings is 1. The van der Waals surface area contributed by atoms with Gasteiger partial charge in [-0.15, -0.1) is 0 Å². The number of hydrogen-bond donors (Lipinski definition) is 2. The molecular formula is C19H24N4O4. The molecule has 0 spiro atoms. The quantitative estimate of drug-likeness (QED) is 0.537. The van der Waals surface area contributed by atoms with Crippen LogP contribution in [-0.2, 0) is 9.59 Å². The lowest BCUT2D eigenvalue weighted by atomic mass is 10.0. The minimum Gasteiger partial charge on any atom is -0.375 e. The summed E-state index contributed by atoms with van der Waals surface area (Å²) in [6.45, 7) is 1.49. The van der Waals surface area contributed by atoms with Gasteiger partial charge in [0.05, 0.1) is 11.1 Å². The number of nitrogens with two attached hydrogens (primary N) is 1. The highest BCUT2D eigenvalue weighted by Gasteiger charge is 2.44. The van der Waals surface area contributed by atoms with Crippen molar-refractivity contribution in [2.45, 2.75) is 38.1 Å². The number of amides is 4. The molecule has 144 valence electrons. The first kappa shape index (κ1) is 19.0. The highest BCUT2D eigenvalue weighted by atomic mass is 16.2. The molecule has 1 saturated heterocycles. The van der Waals surface area contributed by atoms with E-state index in [1.165, 1.54) is 0 Å². The maximum Gasteiger partial charge on any atom is 0.262 e. The average Bonchev–Trinajstić information content (AvgIpc) is 2.89. The summed E-state index contributed by atoms with van der Waals surface area (Å²) in [5.74, 6) is -1.95. The van der Waals surface area contributed by atoms with Gasteiger partial charge in [0.1, 0.15) is 6.04 Å². The van der Waals surface area contributed by atoms with Crippen LogP contribution in [0.4, 0.5) is 5.69 Å². The summed E-state index contributed by atoms with van der Waals surface area (Å²) in [5.41, 5.74) is 6.94. The summed E-state index contributed by atoms with van der Waals surface area (Å²) in [6, 6.07) is 4.20. The molecule has 3 N–H and O–H groups in total. The topological polar surface area (TPSA) is 113 Å². The van der Waals surface area contributed by atoms with Gasteiger partial charge >= 0.3 is 0 Å². The van der Waals surface area contributed by atoms with Gasteiger partial charge < -0.3 is 10.6 Å². The Hall–Kier alpha value is -2.74. The van der Waals surface area contributed by atoms with E-state index in [9.17, 15) is 19.2 Å². The number of benzene rings is 1. The molecule has 1 fully saturated rings. The van der Waals surface area contributed by atoms with Crippen molar-refractivity contribution in [2.24, 2.45) is 5.73 Å². The SMILES string of the molecule is CN(CCCCCN)c1ccc2c(c1)C(=O)N(C1CCC(=O)NC1=O)C2=O. The number of imide groups is 2. The lowest BCUT2D eigenvalue weighted by Gasteiger charge is -2.27. The molecule has 0 saturated carbocycles. The third-order valence-corrected chi connectivity index (χ3v) is 5.06. The van der Waals surface area contributed by atoms with E-state index in [1.54, 1.807) is 18.2 Å². The predicted molar refractivity (Wildman–Crippen MR) is 99.3 cm³/mol. The van der Waals surface area contributed by atoms with Crippen LogP contribution >= 0.6 is 0 Å². The second kappa shape index (κ2) is 7.87. The summed E-state index contributed by atoms with van der Waals surface area (Å²) in [7, 11) is 1.93. The molecule has 8 heteroatoms. The fraction of sp³-hybridized carbons (Fsp3) is 0.474. The fourth-order valence-electron chi connectivity index (χ4n) is 3.50. The van der Waals surface area contributed by atoms with E-state index >= 15 is 0 Å². The third-order valence-electron chi connectivity index (χ3n) is 5.06. The van der Waals surface area contributed by atoms with E-state index in [4.69, 9.17) is 5.73 Å². The molecule has 4 amide bonds. The molecule has 8 nitrogen and oxygen atoms in total. The van der Waals surface area contributed by atoms with Gasteiger partial charge in [-0.3, -0.25) is 29.4 Å². The third kappa shape index (κ3) is 3.71. The summed E-state index contributed by atoms with van der Waals surface area (Å²) < 4.78 is 0. The Balaban J connectivity index is 1.76. The molecule has 0 radical (unpaired) electrons. The molecule has 3 rings (SSSR count). The molecule has 1 unspecified atom stereocenters. The van der Waals surface area contributed by atoms with E-state index in [0.717, 1.165) is 36.4 Å². The molecule has 1 aromatic rings. The van der Waals surface area contributed by atoms with Crippen molar-refractivity contribution in [1.82, 2.24) is 10.2 Å². The largest absolute Gasteiger partial charge is 0.375 e. The minimum absolute atomic E-state index is 0.112. The van der Waals surface area contributed by atoms with Gasteiger partial charge in [-0.05, 0) is 44.0 Å². The van der Waals surface area contributed by atoms with Crippen molar-refractivity contribution in [3.05, 3.63) is 29.3 Å². The van der Waals surface area contributed by atoms with Crippen molar-refractivity contribution in [3.8, 4) is 0 Å². The molecular weight excluding hydrogens is 348 g/mol. The molecule has 2 heterocycles. The van der Waals surface area contributed by atoms with Crippen molar-refractivity contribution >= 4 is 29.3 Å². The number of fused-ring (bicyclic) bond motifs is 1. The Kier molecular flexibility index (Phi) is 5.55. The Labute approximate surface area is 157 Å². The molecule has 0 aliphatic carbocycles. The van der Waals surface area contributed by atoms with Crippen LogP contribution in [-0.4, -0.2) is 54.7 Å². The predicted octanol–water partition coefficient (Wildman–Crippen LogP) is 0.653. The van der Waals surface area contributed by atoms with E-state index in [1.807, 2.05) is 11.9 Å².